The average Bonchev–Trinajstić information content (AvgIpc) is 2.58. The topological polar surface area (TPSA) is 15.3 Å². The van der Waals surface area contributed by atoms with Crippen LogP contribution in [0.1, 0.15) is 24.5 Å². The molecule has 2 rings (SSSR count). The Hall–Kier alpha value is -0.860. The van der Waals surface area contributed by atoms with Crippen molar-refractivity contribution in [1.29, 1.82) is 0 Å². The van der Waals surface area contributed by atoms with E-state index < -0.39 is 0 Å². The van der Waals surface area contributed by atoms with E-state index in [-0.39, 0.29) is 0 Å². The van der Waals surface area contributed by atoms with Gasteiger partial charge in [-0.15, -0.1) is 0 Å². The highest BCUT2D eigenvalue weighted by molar-refractivity contribution is 5.28. The molecule has 0 amide bonds. The number of nitrogens with zero attached hydrogens (tertiary/aromatic N) is 1. The molecule has 94 valence electrons. The van der Waals surface area contributed by atoms with Crippen molar-refractivity contribution in [1.82, 2.24) is 10.2 Å². The molecule has 2 heteroatoms. The van der Waals surface area contributed by atoms with E-state index in [1.54, 1.807) is 11.1 Å². The summed E-state index contributed by atoms with van der Waals surface area (Å²) in [7, 11) is 2.04. The standard InChI is InChI=1S/C15H24N2/c1-13(16-2)7-10-17-11-8-14-5-3-4-6-15(14)9-12-17/h3-6,13,16H,7-12H2,1-2H3. The van der Waals surface area contributed by atoms with Gasteiger partial charge in [0.05, 0.1) is 0 Å². The van der Waals surface area contributed by atoms with Gasteiger partial charge < -0.3 is 10.2 Å². The molecule has 0 bridgehead atoms. The predicted molar refractivity (Wildman–Crippen MR) is 73.4 cm³/mol. The highest BCUT2D eigenvalue weighted by Gasteiger charge is 2.13. The molecule has 0 aliphatic carbocycles. The fourth-order valence-electron chi connectivity index (χ4n) is 2.46. The number of benzene rings is 1. The molecule has 0 aromatic heterocycles. The Kier molecular flexibility index (Phi) is 4.57. The third kappa shape index (κ3) is 3.55. The first-order chi connectivity index (χ1) is 8.29. The van der Waals surface area contributed by atoms with Crippen molar-refractivity contribution in [3.05, 3.63) is 35.4 Å². The van der Waals surface area contributed by atoms with Gasteiger partial charge in [0.2, 0.25) is 0 Å². The summed E-state index contributed by atoms with van der Waals surface area (Å²) >= 11 is 0. The fraction of sp³-hybridized carbons (Fsp3) is 0.600. The molecule has 1 aromatic rings. The lowest BCUT2D eigenvalue weighted by Gasteiger charge is -2.21. The molecule has 1 heterocycles. The summed E-state index contributed by atoms with van der Waals surface area (Å²) in [5.41, 5.74) is 3.10. The highest BCUT2D eigenvalue weighted by Crippen LogP contribution is 2.15. The molecule has 17 heavy (non-hydrogen) atoms. The molecule has 1 N–H and O–H groups in total. The number of fused-ring (bicyclic) bond motifs is 1. The van der Waals surface area contributed by atoms with Crippen molar-refractivity contribution >= 4 is 0 Å². The van der Waals surface area contributed by atoms with Gasteiger partial charge in [-0.25, -0.2) is 0 Å². The van der Waals surface area contributed by atoms with Crippen LogP contribution < -0.4 is 5.32 Å². The van der Waals surface area contributed by atoms with Gasteiger partial charge in [-0.1, -0.05) is 24.3 Å². The van der Waals surface area contributed by atoms with E-state index in [4.69, 9.17) is 0 Å². The third-order valence-corrected chi connectivity index (χ3v) is 3.88. The van der Waals surface area contributed by atoms with Crippen LogP contribution in [0.2, 0.25) is 0 Å². The summed E-state index contributed by atoms with van der Waals surface area (Å²) in [6.45, 7) is 5.91. The van der Waals surface area contributed by atoms with E-state index in [2.05, 4.69) is 41.4 Å². The number of nitrogens with one attached hydrogen (secondary N) is 1. The largest absolute Gasteiger partial charge is 0.317 e. The number of hydrogen-bond acceptors (Lipinski definition) is 2. The molecule has 0 fully saturated rings. The minimum Gasteiger partial charge on any atom is -0.317 e. The minimum absolute atomic E-state index is 0.626. The zero-order valence-corrected chi connectivity index (χ0v) is 11.1. The smallest absolute Gasteiger partial charge is 0.00479 e. The Morgan fingerprint density at radius 1 is 1.18 bits per heavy atom. The zero-order chi connectivity index (χ0) is 12.1. The van der Waals surface area contributed by atoms with Crippen molar-refractivity contribution in [2.75, 3.05) is 26.7 Å². The minimum atomic E-state index is 0.626. The van der Waals surface area contributed by atoms with E-state index in [0.29, 0.717) is 6.04 Å². The van der Waals surface area contributed by atoms with Crippen LogP contribution in [-0.4, -0.2) is 37.6 Å². The Labute approximate surface area is 105 Å². The second kappa shape index (κ2) is 6.18. The Bertz CT molecular complexity index is 322. The van der Waals surface area contributed by atoms with Gasteiger partial charge in [-0.3, -0.25) is 0 Å². The molecule has 1 atom stereocenters. The van der Waals surface area contributed by atoms with E-state index >= 15 is 0 Å². The predicted octanol–water partition coefficient (Wildman–Crippen LogP) is 2.09. The van der Waals surface area contributed by atoms with Crippen LogP contribution in [0.25, 0.3) is 0 Å². The molecule has 0 saturated carbocycles. The van der Waals surface area contributed by atoms with Gasteiger partial charge in [-0.05, 0) is 50.9 Å². The Morgan fingerprint density at radius 2 is 1.76 bits per heavy atom. The van der Waals surface area contributed by atoms with Crippen LogP contribution in [0.5, 0.6) is 0 Å². The molecule has 0 radical (unpaired) electrons. The van der Waals surface area contributed by atoms with Gasteiger partial charge in [0.1, 0.15) is 0 Å². The van der Waals surface area contributed by atoms with Crippen LogP contribution in [0, 0.1) is 0 Å². The highest BCUT2D eigenvalue weighted by atomic mass is 15.1. The lowest BCUT2D eigenvalue weighted by Crippen LogP contribution is -2.32. The second-order valence-electron chi connectivity index (χ2n) is 5.09. The SMILES string of the molecule is CNC(C)CCN1CCc2ccccc2CC1. The summed E-state index contributed by atoms with van der Waals surface area (Å²) < 4.78 is 0. The molecular weight excluding hydrogens is 208 g/mol. The summed E-state index contributed by atoms with van der Waals surface area (Å²) in [5, 5.41) is 3.31. The van der Waals surface area contributed by atoms with Gasteiger partial charge in [-0.2, -0.15) is 0 Å². The maximum absolute atomic E-state index is 3.31. The molecule has 1 aliphatic heterocycles. The van der Waals surface area contributed by atoms with Crippen LogP contribution in [0.15, 0.2) is 24.3 Å². The molecule has 1 aromatic carbocycles. The van der Waals surface area contributed by atoms with E-state index in [0.717, 1.165) is 0 Å². The summed E-state index contributed by atoms with van der Waals surface area (Å²) in [6.07, 6.45) is 3.67. The van der Waals surface area contributed by atoms with E-state index in [1.165, 1.54) is 38.9 Å². The molecule has 0 spiro atoms. The molecule has 0 saturated heterocycles. The maximum atomic E-state index is 3.31. The normalized spacial score (nSPS) is 18.5. The first kappa shape index (κ1) is 12.6. The monoisotopic (exact) mass is 232 g/mol. The van der Waals surface area contributed by atoms with Crippen LogP contribution in [-0.2, 0) is 12.8 Å². The Morgan fingerprint density at radius 3 is 2.29 bits per heavy atom. The van der Waals surface area contributed by atoms with Crippen molar-refractivity contribution in [2.24, 2.45) is 0 Å². The number of rotatable bonds is 4. The van der Waals surface area contributed by atoms with Gasteiger partial charge >= 0.3 is 0 Å². The number of hydrogen-bond donors (Lipinski definition) is 1. The van der Waals surface area contributed by atoms with Crippen molar-refractivity contribution in [3.8, 4) is 0 Å². The van der Waals surface area contributed by atoms with Crippen LogP contribution >= 0.6 is 0 Å². The first-order valence-electron chi connectivity index (χ1n) is 6.76. The van der Waals surface area contributed by atoms with Gasteiger partial charge in [0.25, 0.3) is 0 Å². The van der Waals surface area contributed by atoms with E-state index in [9.17, 15) is 0 Å². The first-order valence-corrected chi connectivity index (χ1v) is 6.76. The van der Waals surface area contributed by atoms with Gasteiger partial charge in [0.15, 0.2) is 0 Å². The van der Waals surface area contributed by atoms with Gasteiger partial charge in [0, 0.05) is 19.1 Å². The summed E-state index contributed by atoms with van der Waals surface area (Å²) in [5.74, 6) is 0. The van der Waals surface area contributed by atoms with Crippen molar-refractivity contribution in [2.45, 2.75) is 32.2 Å². The van der Waals surface area contributed by atoms with Crippen LogP contribution in [0.4, 0.5) is 0 Å². The molecule has 2 nitrogen and oxygen atoms in total. The molecular formula is C15H24N2. The fourth-order valence-corrected chi connectivity index (χ4v) is 2.46. The summed E-state index contributed by atoms with van der Waals surface area (Å²) in [6, 6.07) is 9.53. The summed E-state index contributed by atoms with van der Waals surface area (Å²) in [4.78, 5) is 2.60. The lowest BCUT2D eigenvalue weighted by atomic mass is 10.0. The third-order valence-electron chi connectivity index (χ3n) is 3.88. The van der Waals surface area contributed by atoms with Crippen molar-refractivity contribution < 1.29 is 0 Å². The Balaban J connectivity index is 1.86. The maximum Gasteiger partial charge on any atom is 0.00479 e. The van der Waals surface area contributed by atoms with Crippen molar-refractivity contribution in [3.63, 3.8) is 0 Å². The zero-order valence-electron chi connectivity index (χ0n) is 11.1. The quantitative estimate of drug-likeness (QED) is 0.855. The van der Waals surface area contributed by atoms with Crippen LogP contribution in [0.3, 0.4) is 0 Å². The molecule has 1 unspecified atom stereocenters. The van der Waals surface area contributed by atoms with E-state index in [1.807, 2.05) is 7.05 Å². The molecule has 1 aliphatic rings. The second-order valence-corrected chi connectivity index (χ2v) is 5.09. The average molecular weight is 232 g/mol. The lowest BCUT2D eigenvalue weighted by molar-refractivity contribution is 0.272.